The molecule has 9 heteroatoms. The van der Waals surface area contributed by atoms with Gasteiger partial charge in [-0.2, -0.15) is 0 Å². The molecule has 0 aliphatic carbocycles. The molecule has 0 spiro atoms. The fourth-order valence-corrected chi connectivity index (χ4v) is 3.82. The molecule has 1 saturated heterocycles. The van der Waals surface area contributed by atoms with E-state index in [2.05, 4.69) is 25.8 Å². The molecule has 2 unspecified atom stereocenters. The van der Waals surface area contributed by atoms with Gasteiger partial charge in [0, 0.05) is 48.0 Å². The molecule has 0 saturated carbocycles. The first-order chi connectivity index (χ1) is 15.0. The van der Waals surface area contributed by atoms with Crippen LogP contribution in [0.5, 0.6) is 5.75 Å². The molecule has 2 heterocycles. The molecule has 31 heavy (non-hydrogen) atoms. The Kier molecular flexibility index (Phi) is 8.08. The van der Waals surface area contributed by atoms with Gasteiger partial charge >= 0.3 is 6.03 Å². The van der Waals surface area contributed by atoms with Crippen molar-refractivity contribution in [3.05, 3.63) is 53.3 Å². The molecule has 1 aromatic carbocycles. The molecular weight excluding hydrogens is 418 g/mol. The van der Waals surface area contributed by atoms with E-state index in [9.17, 15) is 9.59 Å². The van der Waals surface area contributed by atoms with Crippen LogP contribution in [0.1, 0.15) is 25.0 Å². The number of likely N-dealkylation sites (tertiary alicyclic amines) is 1. The van der Waals surface area contributed by atoms with Gasteiger partial charge in [-0.05, 0) is 49.7 Å². The number of rotatable bonds is 7. The molecule has 3 rings (SSSR count). The van der Waals surface area contributed by atoms with E-state index in [-0.39, 0.29) is 23.9 Å². The average molecular weight is 446 g/mol. The second-order valence-corrected chi connectivity index (χ2v) is 7.85. The fourth-order valence-electron chi connectivity index (χ4n) is 3.69. The average Bonchev–Trinajstić information content (AvgIpc) is 2.76. The SMILES string of the molecule is CCNC(=O)CN1CCC(NC(=O)Nc2ccc(Cl)cc2)C(c2ccc(OC)cn2)C1. The summed E-state index contributed by atoms with van der Waals surface area (Å²) in [6.07, 6.45) is 2.37. The number of aromatic nitrogens is 1. The van der Waals surface area contributed by atoms with E-state index >= 15 is 0 Å². The summed E-state index contributed by atoms with van der Waals surface area (Å²) in [6.45, 7) is 4.14. The lowest BCUT2D eigenvalue weighted by Crippen LogP contribution is -2.52. The number of hydrogen-bond acceptors (Lipinski definition) is 5. The number of urea groups is 1. The number of nitrogens with zero attached hydrogens (tertiary/aromatic N) is 2. The number of anilines is 1. The van der Waals surface area contributed by atoms with Crippen LogP contribution in [0.3, 0.4) is 0 Å². The summed E-state index contributed by atoms with van der Waals surface area (Å²) in [5.41, 5.74) is 1.51. The first kappa shape index (κ1) is 22.8. The number of likely N-dealkylation sites (N-methyl/N-ethyl adjacent to an activating group) is 1. The fraction of sp³-hybridized carbons (Fsp3) is 0.409. The van der Waals surface area contributed by atoms with Gasteiger partial charge in [0.2, 0.25) is 5.91 Å². The monoisotopic (exact) mass is 445 g/mol. The zero-order valence-electron chi connectivity index (χ0n) is 17.7. The largest absolute Gasteiger partial charge is 0.495 e. The molecule has 1 aromatic heterocycles. The minimum absolute atomic E-state index is 0.00386. The number of halogens is 1. The maximum Gasteiger partial charge on any atom is 0.319 e. The Bertz CT molecular complexity index is 876. The van der Waals surface area contributed by atoms with Crippen LogP contribution in [0.4, 0.5) is 10.5 Å². The number of methoxy groups -OCH3 is 1. The quantitative estimate of drug-likeness (QED) is 0.609. The van der Waals surface area contributed by atoms with Gasteiger partial charge in [0.15, 0.2) is 0 Å². The molecule has 2 aromatic rings. The molecule has 2 atom stereocenters. The van der Waals surface area contributed by atoms with Crippen LogP contribution in [0.2, 0.25) is 5.02 Å². The predicted molar refractivity (Wildman–Crippen MR) is 121 cm³/mol. The first-order valence-corrected chi connectivity index (χ1v) is 10.7. The lowest BCUT2D eigenvalue weighted by molar-refractivity contribution is -0.122. The summed E-state index contributed by atoms with van der Waals surface area (Å²) in [6, 6.07) is 10.3. The van der Waals surface area contributed by atoms with Crippen LogP contribution < -0.4 is 20.7 Å². The van der Waals surface area contributed by atoms with E-state index in [0.717, 1.165) is 5.69 Å². The van der Waals surface area contributed by atoms with E-state index in [1.807, 2.05) is 19.1 Å². The summed E-state index contributed by atoms with van der Waals surface area (Å²) < 4.78 is 5.21. The second kappa shape index (κ2) is 11.0. The highest BCUT2D eigenvalue weighted by Gasteiger charge is 2.33. The zero-order valence-corrected chi connectivity index (χ0v) is 18.5. The van der Waals surface area contributed by atoms with Gasteiger partial charge < -0.3 is 20.7 Å². The van der Waals surface area contributed by atoms with Gasteiger partial charge in [0.25, 0.3) is 0 Å². The van der Waals surface area contributed by atoms with Crippen LogP contribution in [-0.2, 0) is 4.79 Å². The van der Waals surface area contributed by atoms with Gasteiger partial charge in [-0.1, -0.05) is 11.6 Å². The van der Waals surface area contributed by atoms with Gasteiger partial charge in [-0.25, -0.2) is 4.79 Å². The number of ether oxygens (including phenoxy) is 1. The van der Waals surface area contributed by atoms with Gasteiger partial charge in [-0.3, -0.25) is 14.7 Å². The van der Waals surface area contributed by atoms with E-state index in [4.69, 9.17) is 16.3 Å². The van der Waals surface area contributed by atoms with Crippen molar-refractivity contribution in [3.8, 4) is 5.75 Å². The molecule has 0 radical (unpaired) electrons. The minimum atomic E-state index is -0.289. The maximum atomic E-state index is 12.6. The molecule has 8 nitrogen and oxygen atoms in total. The highest BCUT2D eigenvalue weighted by atomic mass is 35.5. The Morgan fingerprint density at radius 1 is 1.23 bits per heavy atom. The lowest BCUT2D eigenvalue weighted by Gasteiger charge is -2.38. The van der Waals surface area contributed by atoms with Crippen molar-refractivity contribution >= 4 is 29.2 Å². The zero-order chi connectivity index (χ0) is 22.2. The van der Waals surface area contributed by atoms with E-state index < -0.39 is 0 Å². The smallest absolute Gasteiger partial charge is 0.319 e. The molecular formula is C22H28ClN5O3. The number of amides is 3. The highest BCUT2D eigenvalue weighted by molar-refractivity contribution is 6.30. The topological polar surface area (TPSA) is 95.6 Å². The minimum Gasteiger partial charge on any atom is -0.495 e. The van der Waals surface area contributed by atoms with Crippen molar-refractivity contribution in [1.82, 2.24) is 20.5 Å². The van der Waals surface area contributed by atoms with E-state index in [0.29, 0.717) is 49.1 Å². The Hall–Kier alpha value is -2.84. The second-order valence-electron chi connectivity index (χ2n) is 7.42. The number of carbonyl (C=O) groups is 2. The van der Waals surface area contributed by atoms with Crippen LogP contribution in [0, 0.1) is 0 Å². The van der Waals surface area contributed by atoms with Crippen LogP contribution in [-0.4, -0.2) is 61.2 Å². The maximum absolute atomic E-state index is 12.6. The van der Waals surface area contributed by atoms with Crippen molar-refractivity contribution in [3.63, 3.8) is 0 Å². The highest BCUT2D eigenvalue weighted by Crippen LogP contribution is 2.27. The normalized spacial score (nSPS) is 18.8. The Balaban J connectivity index is 1.70. The number of pyridine rings is 1. The molecule has 3 N–H and O–H groups in total. The van der Waals surface area contributed by atoms with Crippen molar-refractivity contribution in [1.29, 1.82) is 0 Å². The van der Waals surface area contributed by atoms with Crippen molar-refractivity contribution in [2.75, 3.05) is 38.6 Å². The summed E-state index contributed by atoms with van der Waals surface area (Å²) >= 11 is 5.90. The third-order valence-corrected chi connectivity index (χ3v) is 5.48. The Morgan fingerprint density at radius 2 is 2.00 bits per heavy atom. The van der Waals surface area contributed by atoms with Crippen LogP contribution in [0.25, 0.3) is 0 Å². The molecule has 1 aliphatic rings. The van der Waals surface area contributed by atoms with Crippen LogP contribution >= 0.6 is 11.6 Å². The van der Waals surface area contributed by atoms with Crippen molar-refractivity contribution < 1.29 is 14.3 Å². The molecule has 166 valence electrons. The number of carbonyl (C=O) groups excluding carboxylic acids is 2. The summed E-state index contributed by atoms with van der Waals surface area (Å²) in [4.78, 5) is 31.3. The number of benzene rings is 1. The Labute approximate surface area is 187 Å². The molecule has 1 aliphatic heterocycles. The van der Waals surface area contributed by atoms with Crippen LogP contribution in [0.15, 0.2) is 42.6 Å². The van der Waals surface area contributed by atoms with Gasteiger partial charge in [-0.15, -0.1) is 0 Å². The van der Waals surface area contributed by atoms with Crippen molar-refractivity contribution in [2.45, 2.75) is 25.3 Å². The third-order valence-electron chi connectivity index (χ3n) is 5.23. The predicted octanol–water partition coefficient (Wildman–Crippen LogP) is 2.86. The van der Waals surface area contributed by atoms with E-state index in [1.165, 1.54) is 0 Å². The number of hydrogen-bond donors (Lipinski definition) is 3. The lowest BCUT2D eigenvalue weighted by atomic mass is 9.88. The van der Waals surface area contributed by atoms with Crippen molar-refractivity contribution in [2.24, 2.45) is 0 Å². The third kappa shape index (κ3) is 6.57. The van der Waals surface area contributed by atoms with Gasteiger partial charge in [0.1, 0.15) is 5.75 Å². The van der Waals surface area contributed by atoms with E-state index in [1.54, 1.807) is 37.6 Å². The summed E-state index contributed by atoms with van der Waals surface area (Å²) in [5, 5.41) is 9.36. The first-order valence-electron chi connectivity index (χ1n) is 10.3. The summed E-state index contributed by atoms with van der Waals surface area (Å²) in [7, 11) is 1.59. The Morgan fingerprint density at radius 3 is 2.65 bits per heavy atom. The molecule has 3 amide bonds. The molecule has 0 bridgehead atoms. The van der Waals surface area contributed by atoms with Gasteiger partial charge in [0.05, 0.1) is 19.9 Å². The number of piperidine rings is 1. The summed E-state index contributed by atoms with van der Waals surface area (Å²) in [5.74, 6) is 0.601. The molecule has 1 fully saturated rings. The standard InChI is InChI=1S/C22H28ClN5O3/c1-3-24-21(29)14-28-11-10-20(18(13-28)19-9-8-17(31-2)12-25-19)27-22(30)26-16-6-4-15(23)5-7-16/h4-9,12,18,20H,3,10-11,13-14H2,1-2H3,(H,24,29)(H2,26,27,30). The number of nitrogens with one attached hydrogen (secondary N) is 3.